The summed E-state index contributed by atoms with van der Waals surface area (Å²) in [5.41, 5.74) is 6.28. The summed E-state index contributed by atoms with van der Waals surface area (Å²) in [6.45, 7) is 1.40. The molecule has 0 radical (unpaired) electrons. The summed E-state index contributed by atoms with van der Waals surface area (Å²) in [5, 5.41) is 13.6. The van der Waals surface area contributed by atoms with Crippen LogP contribution >= 0.6 is 11.6 Å². The van der Waals surface area contributed by atoms with E-state index in [1.54, 1.807) is 6.20 Å². The summed E-state index contributed by atoms with van der Waals surface area (Å²) in [7, 11) is 1.93. The number of benzene rings is 1. The van der Waals surface area contributed by atoms with Crippen LogP contribution < -0.4 is 10.7 Å². The van der Waals surface area contributed by atoms with Crippen LogP contribution in [0.25, 0.3) is 10.9 Å². The zero-order valence-corrected chi connectivity index (χ0v) is 13.4. The van der Waals surface area contributed by atoms with Crippen LogP contribution in [-0.4, -0.2) is 47.6 Å². The number of guanidine groups is 1. The normalized spacial score (nSPS) is 21.5. The average Bonchev–Trinajstić information content (AvgIpc) is 3.19. The number of hydrogen-bond donors (Lipinski definition) is 3. The molecule has 2 aliphatic heterocycles. The largest absolute Gasteiger partial charge is 0.377 e. The van der Waals surface area contributed by atoms with Gasteiger partial charge in [-0.05, 0) is 24.1 Å². The van der Waals surface area contributed by atoms with E-state index in [4.69, 9.17) is 21.3 Å². The second-order valence-corrected chi connectivity index (χ2v) is 5.91. The van der Waals surface area contributed by atoms with Gasteiger partial charge >= 0.3 is 0 Å². The van der Waals surface area contributed by atoms with Gasteiger partial charge in [0.05, 0.1) is 35.6 Å². The van der Waals surface area contributed by atoms with Crippen LogP contribution in [0.3, 0.4) is 0 Å². The molecule has 1 aromatic heterocycles. The summed E-state index contributed by atoms with van der Waals surface area (Å²) in [6, 6.07) is 3.86. The molecule has 3 N–H and O–H groups in total. The number of aliphatic imine (C=N–C) groups is 1. The standard InChI is InChI=1S/C15H17ClN6O/c1-22-15(19-14(21-22)9-4-6-23-7-5-9)18-12-3-2-11-10(13(12)16)8-17-20-11/h2-4,8,14,21H,5-7H2,1H3,(H,17,20)(H,18,19). The van der Waals surface area contributed by atoms with Gasteiger partial charge in [0.2, 0.25) is 5.96 Å². The number of hydrogen-bond acceptors (Lipinski definition) is 6. The van der Waals surface area contributed by atoms with Crippen LogP contribution in [0.15, 0.2) is 35.0 Å². The number of hydrazine groups is 1. The molecule has 7 nitrogen and oxygen atoms in total. The first-order valence-corrected chi connectivity index (χ1v) is 7.83. The molecule has 0 amide bonds. The average molecular weight is 333 g/mol. The van der Waals surface area contributed by atoms with Gasteiger partial charge in [0.15, 0.2) is 0 Å². The third-order valence-corrected chi connectivity index (χ3v) is 4.45. The van der Waals surface area contributed by atoms with Gasteiger partial charge in [0.1, 0.15) is 6.17 Å². The van der Waals surface area contributed by atoms with Crippen LogP contribution in [0.5, 0.6) is 0 Å². The quantitative estimate of drug-likeness (QED) is 0.734. The van der Waals surface area contributed by atoms with Gasteiger partial charge in [-0.3, -0.25) is 10.1 Å². The molecular weight excluding hydrogens is 316 g/mol. The Kier molecular flexibility index (Phi) is 3.68. The second-order valence-electron chi connectivity index (χ2n) is 5.53. The zero-order valence-electron chi connectivity index (χ0n) is 12.6. The fourth-order valence-electron chi connectivity index (χ4n) is 2.75. The van der Waals surface area contributed by atoms with Crippen molar-refractivity contribution in [3.8, 4) is 0 Å². The van der Waals surface area contributed by atoms with Gasteiger partial charge in [0.25, 0.3) is 0 Å². The summed E-state index contributed by atoms with van der Waals surface area (Å²) in [5.74, 6) is 0.729. The number of ether oxygens (including phenoxy) is 1. The minimum Gasteiger partial charge on any atom is -0.377 e. The number of aromatic nitrogens is 2. The van der Waals surface area contributed by atoms with Crippen LogP contribution in [0.2, 0.25) is 5.02 Å². The lowest BCUT2D eigenvalue weighted by atomic mass is 10.1. The maximum atomic E-state index is 6.45. The molecule has 23 heavy (non-hydrogen) atoms. The maximum absolute atomic E-state index is 6.45. The SMILES string of the molecule is CN1NC(C2=CCOCC2)N=C1Nc1ccc2[nH]ncc2c1Cl. The van der Waals surface area contributed by atoms with Gasteiger partial charge < -0.3 is 10.1 Å². The van der Waals surface area contributed by atoms with E-state index in [1.165, 1.54) is 5.57 Å². The lowest BCUT2D eigenvalue weighted by molar-refractivity contribution is 0.150. The second kappa shape index (κ2) is 5.84. The summed E-state index contributed by atoms with van der Waals surface area (Å²) >= 11 is 6.45. The van der Waals surface area contributed by atoms with E-state index in [-0.39, 0.29) is 6.17 Å². The number of rotatable bonds is 2. The lowest BCUT2D eigenvalue weighted by Crippen LogP contribution is -2.40. The highest BCUT2D eigenvalue weighted by Gasteiger charge is 2.26. The number of nitrogens with one attached hydrogen (secondary N) is 3. The van der Waals surface area contributed by atoms with Crippen molar-refractivity contribution in [3.05, 3.63) is 35.0 Å². The summed E-state index contributed by atoms with van der Waals surface area (Å²) in [6.07, 6.45) is 4.65. The number of anilines is 1. The predicted octanol–water partition coefficient (Wildman–Crippen LogP) is 2.11. The Balaban J connectivity index is 1.59. The van der Waals surface area contributed by atoms with Crippen LogP contribution in [0, 0.1) is 0 Å². The van der Waals surface area contributed by atoms with Crippen molar-refractivity contribution in [1.82, 2.24) is 20.6 Å². The molecule has 0 spiro atoms. The van der Waals surface area contributed by atoms with Crippen LogP contribution in [0.4, 0.5) is 5.69 Å². The number of H-pyrrole nitrogens is 1. The first kappa shape index (κ1) is 14.5. The Morgan fingerprint density at radius 3 is 3.17 bits per heavy atom. The van der Waals surface area contributed by atoms with E-state index >= 15 is 0 Å². The molecule has 0 aliphatic carbocycles. The Bertz CT molecular complexity index is 798. The predicted molar refractivity (Wildman–Crippen MR) is 90.4 cm³/mol. The molecule has 2 aliphatic rings. The zero-order chi connectivity index (χ0) is 15.8. The number of nitrogens with zero attached hydrogens (tertiary/aromatic N) is 3. The Labute approximate surface area is 138 Å². The number of fused-ring (bicyclic) bond motifs is 1. The maximum Gasteiger partial charge on any atom is 0.214 e. The summed E-state index contributed by atoms with van der Waals surface area (Å²) in [4.78, 5) is 4.71. The molecule has 0 saturated heterocycles. The van der Waals surface area contributed by atoms with Crippen molar-refractivity contribution in [2.45, 2.75) is 12.6 Å². The molecule has 4 rings (SSSR count). The highest BCUT2D eigenvalue weighted by atomic mass is 35.5. The van der Waals surface area contributed by atoms with Crippen molar-refractivity contribution in [2.24, 2.45) is 4.99 Å². The van der Waals surface area contributed by atoms with E-state index < -0.39 is 0 Å². The van der Waals surface area contributed by atoms with E-state index in [9.17, 15) is 0 Å². The molecule has 0 fully saturated rings. The highest BCUT2D eigenvalue weighted by molar-refractivity contribution is 6.38. The van der Waals surface area contributed by atoms with Crippen molar-refractivity contribution in [2.75, 3.05) is 25.6 Å². The Morgan fingerprint density at radius 2 is 2.35 bits per heavy atom. The van der Waals surface area contributed by atoms with Crippen LogP contribution in [0.1, 0.15) is 6.42 Å². The van der Waals surface area contributed by atoms with Gasteiger partial charge in [-0.2, -0.15) is 5.10 Å². The molecule has 0 saturated carbocycles. The smallest absolute Gasteiger partial charge is 0.214 e. The van der Waals surface area contributed by atoms with Gasteiger partial charge in [-0.15, -0.1) is 0 Å². The topological polar surface area (TPSA) is 77.6 Å². The van der Waals surface area contributed by atoms with Crippen LogP contribution in [-0.2, 0) is 4.74 Å². The van der Waals surface area contributed by atoms with E-state index in [1.807, 2.05) is 24.2 Å². The fraction of sp³-hybridized carbons (Fsp3) is 0.333. The van der Waals surface area contributed by atoms with Crippen molar-refractivity contribution in [3.63, 3.8) is 0 Å². The molecule has 120 valence electrons. The minimum absolute atomic E-state index is 0.0529. The molecule has 3 heterocycles. The number of halogens is 1. The monoisotopic (exact) mass is 332 g/mol. The highest BCUT2D eigenvalue weighted by Crippen LogP contribution is 2.30. The molecule has 8 heteroatoms. The van der Waals surface area contributed by atoms with E-state index in [0.29, 0.717) is 11.6 Å². The molecular formula is C15H17ClN6O. The fourth-order valence-corrected chi connectivity index (χ4v) is 3.01. The molecule has 1 unspecified atom stereocenters. The van der Waals surface area contributed by atoms with Crippen molar-refractivity contribution < 1.29 is 4.74 Å². The van der Waals surface area contributed by atoms with Gasteiger partial charge in [0, 0.05) is 12.4 Å². The minimum atomic E-state index is -0.0529. The van der Waals surface area contributed by atoms with E-state index in [2.05, 4.69) is 27.0 Å². The number of aromatic amines is 1. The third kappa shape index (κ3) is 2.67. The van der Waals surface area contributed by atoms with Gasteiger partial charge in [-0.1, -0.05) is 17.7 Å². The first-order valence-electron chi connectivity index (χ1n) is 7.45. The molecule has 0 bridgehead atoms. The first-order chi connectivity index (χ1) is 11.2. The van der Waals surface area contributed by atoms with Crippen molar-refractivity contribution in [1.29, 1.82) is 0 Å². The van der Waals surface area contributed by atoms with Crippen molar-refractivity contribution >= 4 is 34.2 Å². The third-order valence-electron chi connectivity index (χ3n) is 4.04. The Morgan fingerprint density at radius 1 is 1.43 bits per heavy atom. The summed E-state index contributed by atoms with van der Waals surface area (Å²) < 4.78 is 5.35. The Hall–Kier alpha value is -2.09. The lowest BCUT2D eigenvalue weighted by Gasteiger charge is -2.20. The van der Waals surface area contributed by atoms with E-state index in [0.717, 1.165) is 35.6 Å². The molecule has 1 atom stereocenters. The molecule has 2 aromatic rings. The van der Waals surface area contributed by atoms with Gasteiger partial charge in [-0.25, -0.2) is 10.4 Å². The molecule has 1 aromatic carbocycles.